The first kappa shape index (κ1) is 29.8. The summed E-state index contributed by atoms with van der Waals surface area (Å²) in [5.74, 6) is -3.50. The maximum absolute atomic E-state index is 17.1. The van der Waals surface area contributed by atoms with Gasteiger partial charge in [-0.2, -0.15) is 9.97 Å². The fourth-order valence-electron chi connectivity index (χ4n) is 8.99. The van der Waals surface area contributed by atoms with E-state index >= 15 is 13.2 Å². The van der Waals surface area contributed by atoms with Crippen molar-refractivity contribution in [3.8, 4) is 35.4 Å². The predicted octanol–water partition coefficient (Wildman–Crippen LogP) is 5.62. The van der Waals surface area contributed by atoms with Gasteiger partial charge in [0.25, 0.3) is 0 Å². The van der Waals surface area contributed by atoms with Gasteiger partial charge in [0, 0.05) is 36.8 Å². The molecule has 13 heteroatoms. The average Bonchev–Trinajstić information content (AvgIpc) is 3.62. The number of piperazine rings is 1. The summed E-state index contributed by atoms with van der Waals surface area (Å²) in [5, 5.41) is 13.9. The number of aromatic hydroxyl groups is 1. The van der Waals surface area contributed by atoms with Crippen LogP contribution in [0.5, 0.6) is 11.8 Å². The molecular formula is C35H31F5N6O2. The number of anilines is 1. The van der Waals surface area contributed by atoms with Crippen molar-refractivity contribution < 1.29 is 31.8 Å². The van der Waals surface area contributed by atoms with E-state index in [1.54, 1.807) is 4.90 Å². The Morgan fingerprint density at radius 3 is 2.79 bits per heavy atom. The molecule has 5 aliphatic rings. The Morgan fingerprint density at radius 1 is 1.10 bits per heavy atom. The molecule has 2 aromatic carbocycles. The molecule has 5 atom stereocenters. The van der Waals surface area contributed by atoms with Crippen LogP contribution in [0.2, 0.25) is 0 Å². The second kappa shape index (κ2) is 10.1. The van der Waals surface area contributed by atoms with Gasteiger partial charge in [0.15, 0.2) is 17.4 Å². The summed E-state index contributed by atoms with van der Waals surface area (Å²) in [5.41, 5.74) is -0.757. The van der Waals surface area contributed by atoms with Crippen molar-refractivity contribution in [2.24, 2.45) is 0 Å². The Labute approximate surface area is 272 Å². The zero-order valence-corrected chi connectivity index (χ0v) is 25.8. The number of nitrogens with zero attached hydrogens (tertiary/aromatic N) is 5. The number of phenols is 1. The van der Waals surface area contributed by atoms with Gasteiger partial charge in [0.2, 0.25) is 0 Å². The summed E-state index contributed by atoms with van der Waals surface area (Å²) in [7, 11) is 0. The van der Waals surface area contributed by atoms with Gasteiger partial charge in [0.1, 0.15) is 41.4 Å². The minimum Gasteiger partial charge on any atom is -0.508 e. The van der Waals surface area contributed by atoms with Gasteiger partial charge >= 0.3 is 6.01 Å². The van der Waals surface area contributed by atoms with Crippen molar-refractivity contribution in [2.75, 3.05) is 31.1 Å². The Morgan fingerprint density at radius 2 is 1.96 bits per heavy atom. The van der Waals surface area contributed by atoms with E-state index < -0.39 is 41.0 Å². The number of pyridine rings is 1. The maximum Gasteiger partial charge on any atom is 0.319 e. The number of nitrogens with one attached hydrogen (secondary N) is 1. The van der Waals surface area contributed by atoms with E-state index in [-0.39, 0.29) is 95.9 Å². The molecule has 0 radical (unpaired) electrons. The lowest BCUT2D eigenvalue weighted by molar-refractivity contribution is 0.0101. The minimum atomic E-state index is -2.07. The van der Waals surface area contributed by atoms with Gasteiger partial charge in [-0.3, -0.25) is 4.90 Å². The average molecular weight is 663 g/mol. The number of phenolic OH excluding ortho intramolecular Hbond substituents is 1. The molecule has 5 aliphatic heterocycles. The first-order valence-electron chi connectivity index (χ1n) is 16.3. The topological polar surface area (TPSA) is 86.6 Å². The lowest BCUT2D eigenvalue weighted by atomic mass is 9.95. The van der Waals surface area contributed by atoms with Gasteiger partial charge in [-0.1, -0.05) is 12.0 Å². The van der Waals surface area contributed by atoms with E-state index in [1.807, 2.05) is 0 Å². The molecule has 48 heavy (non-hydrogen) atoms. The van der Waals surface area contributed by atoms with Gasteiger partial charge in [-0.05, 0) is 55.8 Å². The van der Waals surface area contributed by atoms with E-state index in [0.29, 0.717) is 24.0 Å². The zero-order chi connectivity index (χ0) is 33.2. The van der Waals surface area contributed by atoms with Crippen LogP contribution in [0, 0.1) is 24.0 Å². The number of aryl methyl sites for hydroxylation is 1. The molecule has 0 spiro atoms. The summed E-state index contributed by atoms with van der Waals surface area (Å²) >= 11 is 0. The third kappa shape index (κ3) is 4.24. The zero-order valence-electron chi connectivity index (χ0n) is 25.8. The molecule has 4 fully saturated rings. The van der Waals surface area contributed by atoms with Crippen molar-refractivity contribution in [1.82, 2.24) is 25.2 Å². The molecule has 9 rings (SSSR count). The van der Waals surface area contributed by atoms with Crippen molar-refractivity contribution in [3.63, 3.8) is 0 Å². The third-order valence-electron chi connectivity index (χ3n) is 11.1. The molecule has 0 saturated carbocycles. The molecule has 248 valence electrons. The maximum atomic E-state index is 17.1. The van der Waals surface area contributed by atoms with Crippen LogP contribution in [-0.4, -0.2) is 80.5 Å². The van der Waals surface area contributed by atoms with Crippen LogP contribution < -0.4 is 15.0 Å². The minimum absolute atomic E-state index is 0.0338. The summed E-state index contributed by atoms with van der Waals surface area (Å²) in [6.07, 6.45) is 6.85. The van der Waals surface area contributed by atoms with Crippen molar-refractivity contribution in [2.45, 2.75) is 74.3 Å². The van der Waals surface area contributed by atoms with Crippen LogP contribution in [0.3, 0.4) is 0 Å². The fraction of sp³-hybridized carbons (Fsp3) is 0.457. The van der Waals surface area contributed by atoms with Crippen LogP contribution in [0.15, 0.2) is 24.3 Å². The number of benzene rings is 2. The molecule has 2 bridgehead atoms. The first-order chi connectivity index (χ1) is 23.0. The Balaban J connectivity index is 1.26. The monoisotopic (exact) mass is 662 g/mol. The van der Waals surface area contributed by atoms with E-state index in [4.69, 9.17) is 16.1 Å². The molecule has 2 aromatic heterocycles. The van der Waals surface area contributed by atoms with Gasteiger partial charge in [0.05, 0.1) is 34.8 Å². The highest BCUT2D eigenvalue weighted by molar-refractivity contribution is 6.03. The Hall–Kier alpha value is -4.28. The molecule has 2 N–H and O–H groups in total. The second-order valence-corrected chi connectivity index (χ2v) is 13.9. The Kier molecular flexibility index (Phi) is 6.29. The summed E-state index contributed by atoms with van der Waals surface area (Å²) < 4.78 is 85.0. The number of fused-ring (bicyclic) bond motifs is 7. The normalized spacial score (nSPS) is 30.8. The van der Waals surface area contributed by atoms with Gasteiger partial charge in [-0.25, -0.2) is 32.3 Å². The molecule has 0 unspecified atom stereocenters. The highest BCUT2D eigenvalue weighted by Gasteiger charge is 2.61. The molecule has 0 aliphatic carbocycles. The molecule has 4 saturated heterocycles. The summed E-state index contributed by atoms with van der Waals surface area (Å²) in [6.45, 7) is 0.856. The van der Waals surface area contributed by atoms with Crippen molar-refractivity contribution in [1.29, 1.82) is 0 Å². The molecule has 0 amide bonds. The van der Waals surface area contributed by atoms with Gasteiger partial charge < -0.3 is 14.7 Å². The SMILES string of the molecule is C#Cc1c(F)ccc2cc(O)cc(-c3nc4c5c(nc(OC[C@@]67CCCN6C[C@H](F)C7)nc5c3F)N3C[C@@]5(F)CC[C@](F)(N5)[C@H]3CC4)c12. The molecule has 8 nitrogen and oxygen atoms in total. The number of alkyl halides is 3. The Bertz CT molecular complexity index is 2090. The molecule has 4 aromatic rings. The first-order valence-corrected chi connectivity index (χ1v) is 16.3. The fourth-order valence-corrected chi connectivity index (χ4v) is 8.99. The number of hydrogen-bond acceptors (Lipinski definition) is 8. The van der Waals surface area contributed by atoms with Crippen LogP contribution in [0.1, 0.15) is 49.8 Å². The predicted molar refractivity (Wildman–Crippen MR) is 168 cm³/mol. The summed E-state index contributed by atoms with van der Waals surface area (Å²) in [6, 6.07) is 4.18. The number of halogens is 5. The van der Waals surface area contributed by atoms with E-state index in [1.165, 1.54) is 24.3 Å². The third-order valence-corrected chi connectivity index (χ3v) is 11.1. The lowest BCUT2D eigenvalue weighted by Gasteiger charge is -2.46. The van der Waals surface area contributed by atoms with Crippen LogP contribution in [0.4, 0.5) is 27.8 Å². The largest absolute Gasteiger partial charge is 0.508 e. The smallest absolute Gasteiger partial charge is 0.319 e. The highest BCUT2D eigenvalue weighted by atomic mass is 19.2. The van der Waals surface area contributed by atoms with Gasteiger partial charge in [-0.15, -0.1) is 6.42 Å². The quantitative estimate of drug-likeness (QED) is 0.166. The summed E-state index contributed by atoms with van der Waals surface area (Å²) in [4.78, 5) is 17.5. The molecule has 7 heterocycles. The second-order valence-electron chi connectivity index (χ2n) is 13.9. The van der Waals surface area contributed by atoms with E-state index in [2.05, 4.69) is 26.1 Å². The standard InChI is InChI=1S/C35H31F5N6O2/c1-2-21-23(37)5-4-18-12-20(47)13-22(26(18)21)29-28(38)30-27-24(41-29)6-7-25-35(40)10-9-34(39,44-35)16-46(25)31(27)43-32(42-30)48-17-33-8-3-11-45(33)15-19(36)14-33/h1,4-5,12-13,19,25,44,47H,3,6-11,14-17H2/t19-,25-,33+,34-,35+/m1/s1. The highest BCUT2D eigenvalue weighted by Crippen LogP contribution is 2.49. The van der Waals surface area contributed by atoms with E-state index in [0.717, 1.165) is 13.0 Å². The number of rotatable bonds is 4. The lowest BCUT2D eigenvalue weighted by Crippen LogP contribution is -2.67. The van der Waals surface area contributed by atoms with Crippen LogP contribution in [0.25, 0.3) is 32.9 Å². The number of hydrogen-bond donors (Lipinski definition) is 2. The number of ether oxygens (including phenoxy) is 1. The number of aromatic nitrogens is 3. The number of terminal acetylenes is 1. The van der Waals surface area contributed by atoms with Crippen molar-refractivity contribution in [3.05, 3.63) is 47.2 Å². The van der Waals surface area contributed by atoms with Crippen LogP contribution in [-0.2, 0) is 6.42 Å². The van der Waals surface area contributed by atoms with Crippen LogP contribution >= 0.6 is 0 Å². The van der Waals surface area contributed by atoms with Crippen molar-refractivity contribution >= 4 is 27.5 Å². The molecular weight excluding hydrogens is 631 g/mol. The van der Waals surface area contributed by atoms with E-state index in [9.17, 15) is 13.9 Å².